The molecule has 27 heavy (non-hydrogen) atoms. The molecular weight excluding hydrogens is 400 g/mol. The summed E-state index contributed by atoms with van der Waals surface area (Å²) in [6.45, 7) is 4.84. The van der Waals surface area contributed by atoms with Gasteiger partial charge in [0.25, 0.3) is 10.1 Å². The summed E-state index contributed by atoms with van der Waals surface area (Å²) in [4.78, 5) is 35.6. The highest BCUT2D eigenvalue weighted by Crippen LogP contribution is 2.47. The van der Waals surface area contributed by atoms with E-state index in [9.17, 15) is 22.8 Å². The SMILES string of the molecule is CCC(C)(C)C(=O)SCC(=O)OCC(=O)OC1C2CC3C(O2)C1OS3(=O)=O. The molecule has 5 unspecified atom stereocenters. The zero-order chi connectivity index (χ0) is 20.0. The summed E-state index contributed by atoms with van der Waals surface area (Å²) in [5.41, 5.74) is -0.537. The number of thioether (sulfide) groups is 1. The van der Waals surface area contributed by atoms with Crippen LogP contribution in [0.3, 0.4) is 0 Å². The van der Waals surface area contributed by atoms with Crippen molar-refractivity contribution in [2.45, 2.75) is 63.3 Å². The fourth-order valence-corrected chi connectivity index (χ4v) is 5.71. The highest BCUT2D eigenvalue weighted by molar-refractivity contribution is 8.14. The monoisotopic (exact) mass is 422 g/mol. The molecule has 3 saturated heterocycles. The van der Waals surface area contributed by atoms with E-state index in [1.165, 1.54) is 0 Å². The molecule has 0 aromatic rings. The van der Waals surface area contributed by atoms with Crippen molar-refractivity contribution in [3.63, 3.8) is 0 Å². The van der Waals surface area contributed by atoms with Crippen molar-refractivity contribution in [3.05, 3.63) is 0 Å². The van der Waals surface area contributed by atoms with Gasteiger partial charge in [-0.25, -0.2) is 4.79 Å². The topological polar surface area (TPSA) is 122 Å². The van der Waals surface area contributed by atoms with Crippen LogP contribution in [0.2, 0.25) is 0 Å². The summed E-state index contributed by atoms with van der Waals surface area (Å²) >= 11 is 0.847. The van der Waals surface area contributed by atoms with E-state index in [2.05, 4.69) is 0 Å². The molecule has 0 aromatic heterocycles. The van der Waals surface area contributed by atoms with Crippen LogP contribution in [0.25, 0.3) is 0 Å². The van der Waals surface area contributed by atoms with Gasteiger partial charge in [0.15, 0.2) is 17.8 Å². The van der Waals surface area contributed by atoms with Crippen molar-refractivity contribution in [1.82, 2.24) is 0 Å². The average Bonchev–Trinajstić information content (AvgIpc) is 3.22. The lowest BCUT2D eigenvalue weighted by Crippen LogP contribution is -2.42. The third kappa shape index (κ3) is 4.01. The highest BCUT2D eigenvalue weighted by atomic mass is 32.2. The third-order valence-corrected chi connectivity index (χ3v) is 8.06. The van der Waals surface area contributed by atoms with Gasteiger partial charge in [0.1, 0.15) is 17.5 Å². The van der Waals surface area contributed by atoms with Crippen molar-refractivity contribution in [1.29, 1.82) is 0 Å². The first kappa shape index (κ1) is 20.6. The number of rotatable bonds is 7. The van der Waals surface area contributed by atoms with Gasteiger partial charge in [-0.15, -0.1) is 0 Å². The van der Waals surface area contributed by atoms with E-state index in [1.807, 2.05) is 6.92 Å². The molecule has 2 bridgehead atoms. The number of fused-ring (bicyclic) bond motifs is 1. The predicted molar refractivity (Wildman–Crippen MR) is 93.2 cm³/mol. The molecule has 3 aliphatic rings. The second kappa shape index (κ2) is 7.34. The van der Waals surface area contributed by atoms with Gasteiger partial charge in [-0.1, -0.05) is 32.5 Å². The Morgan fingerprint density at radius 3 is 2.56 bits per heavy atom. The van der Waals surface area contributed by atoms with E-state index in [4.69, 9.17) is 18.4 Å². The first-order valence-corrected chi connectivity index (χ1v) is 11.1. The molecule has 3 aliphatic heterocycles. The van der Waals surface area contributed by atoms with Crippen LogP contribution in [0.1, 0.15) is 33.6 Å². The number of carbonyl (C=O) groups is 3. The summed E-state index contributed by atoms with van der Waals surface area (Å²) in [5.74, 6) is -1.72. The molecule has 3 rings (SSSR count). The Kier molecular flexibility index (Phi) is 5.59. The molecule has 0 amide bonds. The summed E-state index contributed by atoms with van der Waals surface area (Å²) in [6.07, 6.45) is -1.98. The van der Waals surface area contributed by atoms with Crippen LogP contribution in [0.5, 0.6) is 0 Å². The minimum absolute atomic E-state index is 0.127. The maximum absolute atomic E-state index is 12.0. The van der Waals surface area contributed by atoms with Crippen LogP contribution < -0.4 is 0 Å². The molecule has 0 aromatic carbocycles. The van der Waals surface area contributed by atoms with Crippen molar-refractivity contribution in [2.75, 3.05) is 12.4 Å². The second-order valence-corrected chi connectivity index (χ2v) is 10.1. The molecule has 0 radical (unpaired) electrons. The van der Waals surface area contributed by atoms with Gasteiger partial charge in [0.05, 0.1) is 11.9 Å². The van der Waals surface area contributed by atoms with E-state index >= 15 is 0 Å². The first-order valence-electron chi connectivity index (χ1n) is 8.65. The second-order valence-electron chi connectivity index (χ2n) is 7.40. The normalized spacial score (nSPS) is 33.1. The molecule has 5 atom stereocenters. The third-order valence-electron chi connectivity index (χ3n) is 5.17. The van der Waals surface area contributed by atoms with Crippen molar-refractivity contribution in [2.24, 2.45) is 5.41 Å². The van der Waals surface area contributed by atoms with Gasteiger partial charge < -0.3 is 14.2 Å². The zero-order valence-electron chi connectivity index (χ0n) is 15.2. The summed E-state index contributed by atoms with van der Waals surface area (Å²) < 4.78 is 44.2. The van der Waals surface area contributed by atoms with Gasteiger partial charge in [0, 0.05) is 5.41 Å². The quantitative estimate of drug-likeness (QED) is 0.421. The lowest BCUT2D eigenvalue weighted by molar-refractivity contribution is -0.165. The van der Waals surface area contributed by atoms with E-state index in [0.29, 0.717) is 6.42 Å². The smallest absolute Gasteiger partial charge is 0.344 e. The summed E-state index contributed by atoms with van der Waals surface area (Å²) in [7, 11) is -3.69. The van der Waals surface area contributed by atoms with E-state index < -0.39 is 63.7 Å². The van der Waals surface area contributed by atoms with Crippen molar-refractivity contribution in [3.8, 4) is 0 Å². The minimum atomic E-state index is -3.69. The summed E-state index contributed by atoms with van der Waals surface area (Å²) in [6, 6.07) is 0. The molecular formula is C16H22O9S2. The van der Waals surface area contributed by atoms with E-state index in [-0.39, 0.29) is 17.3 Å². The average molecular weight is 422 g/mol. The lowest BCUT2D eigenvalue weighted by atomic mass is 9.92. The zero-order valence-corrected chi connectivity index (χ0v) is 16.8. The minimum Gasteiger partial charge on any atom is -0.454 e. The van der Waals surface area contributed by atoms with Crippen LogP contribution >= 0.6 is 11.8 Å². The Balaban J connectivity index is 1.42. The Labute approximate surface area is 161 Å². The lowest BCUT2D eigenvalue weighted by Gasteiger charge is -2.21. The molecule has 0 spiro atoms. The van der Waals surface area contributed by atoms with E-state index in [0.717, 1.165) is 11.8 Å². The standard InChI is InChI=1S/C16H22O9S2/c1-4-16(2,3)15(19)26-7-11(18)22-6-10(17)24-12-8-5-9-13(23-8)14(12)25-27(9,20)21/h8-9,12-14H,4-7H2,1-3H3. The molecule has 0 N–H and O–H groups in total. The molecule has 0 aliphatic carbocycles. The summed E-state index contributed by atoms with van der Waals surface area (Å²) in [5, 5.41) is -0.833. The van der Waals surface area contributed by atoms with Crippen molar-refractivity contribution < 1.29 is 41.2 Å². The molecule has 3 fully saturated rings. The van der Waals surface area contributed by atoms with Gasteiger partial charge >= 0.3 is 11.9 Å². The fourth-order valence-electron chi connectivity index (χ4n) is 3.20. The Morgan fingerprint density at radius 2 is 1.89 bits per heavy atom. The molecule has 9 nitrogen and oxygen atoms in total. The molecule has 3 heterocycles. The van der Waals surface area contributed by atoms with Crippen LogP contribution in [0.4, 0.5) is 0 Å². The van der Waals surface area contributed by atoms with Gasteiger partial charge in [-0.05, 0) is 12.8 Å². The predicted octanol–water partition coefficient (Wildman–Crippen LogP) is 0.406. The first-order chi connectivity index (χ1) is 12.5. The number of hydrogen-bond donors (Lipinski definition) is 0. The van der Waals surface area contributed by atoms with Crippen LogP contribution in [-0.2, 0) is 42.9 Å². The van der Waals surface area contributed by atoms with Crippen LogP contribution in [0.15, 0.2) is 0 Å². The highest BCUT2D eigenvalue weighted by Gasteiger charge is 2.67. The van der Waals surface area contributed by atoms with Crippen molar-refractivity contribution >= 4 is 38.9 Å². The largest absolute Gasteiger partial charge is 0.454 e. The number of ether oxygens (including phenoxy) is 3. The molecule has 0 saturated carbocycles. The Hall–Kier alpha value is -1.17. The number of carbonyl (C=O) groups excluding carboxylic acids is 3. The van der Waals surface area contributed by atoms with Gasteiger partial charge in [0.2, 0.25) is 0 Å². The Bertz CT molecular complexity index is 745. The molecule has 11 heteroatoms. The number of esters is 2. The maximum Gasteiger partial charge on any atom is 0.344 e. The van der Waals surface area contributed by atoms with Gasteiger partial charge in [-0.2, -0.15) is 8.42 Å². The Morgan fingerprint density at radius 1 is 1.19 bits per heavy atom. The number of hydrogen-bond acceptors (Lipinski definition) is 10. The van der Waals surface area contributed by atoms with Crippen LogP contribution in [0, 0.1) is 5.41 Å². The van der Waals surface area contributed by atoms with Gasteiger partial charge in [-0.3, -0.25) is 13.8 Å². The van der Waals surface area contributed by atoms with Crippen LogP contribution in [-0.4, -0.2) is 67.5 Å². The van der Waals surface area contributed by atoms with E-state index in [1.54, 1.807) is 13.8 Å². The fraction of sp³-hybridized carbons (Fsp3) is 0.812. The molecule has 152 valence electrons. The maximum atomic E-state index is 12.0.